The molecule has 0 saturated carbocycles. The number of piperazine rings is 1. The number of anilines is 2. The molecular formula is C26H37F2N4O8P. The number of halogens is 2. The van der Waals surface area contributed by atoms with Gasteiger partial charge in [-0.05, 0) is 25.7 Å². The second-order valence-electron chi connectivity index (χ2n) is 10.6. The van der Waals surface area contributed by atoms with Crippen molar-refractivity contribution < 1.29 is 46.2 Å². The van der Waals surface area contributed by atoms with Crippen LogP contribution in [-0.4, -0.2) is 101 Å². The lowest BCUT2D eigenvalue weighted by Gasteiger charge is -2.39. The van der Waals surface area contributed by atoms with E-state index in [9.17, 15) is 14.2 Å². The number of rotatable bonds is 11. The highest BCUT2D eigenvalue weighted by Gasteiger charge is 2.39. The van der Waals surface area contributed by atoms with Crippen LogP contribution in [0.4, 0.5) is 25.0 Å². The highest BCUT2D eigenvalue weighted by atomic mass is 31.2. The molecule has 228 valence electrons. The summed E-state index contributed by atoms with van der Waals surface area (Å²) >= 11 is 0. The molecule has 5 rings (SSSR count). The van der Waals surface area contributed by atoms with Crippen LogP contribution in [0.2, 0.25) is 0 Å². The first-order valence-electron chi connectivity index (χ1n) is 14.1. The van der Waals surface area contributed by atoms with E-state index in [0.717, 1.165) is 42.7 Å². The molecule has 0 aromatic heterocycles. The van der Waals surface area contributed by atoms with Crippen LogP contribution in [0.1, 0.15) is 32.6 Å². The summed E-state index contributed by atoms with van der Waals surface area (Å²) in [5.41, 5.74) is -0.210. The van der Waals surface area contributed by atoms with Crippen molar-refractivity contribution in [2.75, 3.05) is 75.5 Å². The Morgan fingerprint density at radius 2 is 1.59 bits per heavy atom. The van der Waals surface area contributed by atoms with Crippen LogP contribution >= 0.6 is 7.75 Å². The molecule has 15 heteroatoms. The van der Waals surface area contributed by atoms with Crippen molar-refractivity contribution >= 4 is 31.1 Å². The van der Waals surface area contributed by atoms with E-state index in [0.29, 0.717) is 13.2 Å². The average Bonchev–Trinajstić information content (AvgIpc) is 3.72. The maximum atomic E-state index is 15.3. The summed E-state index contributed by atoms with van der Waals surface area (Å²) < 4.78 is 74.2. The average molecular weight is 603 g/mol. The number of carbonyl (C=O) groups is 2. The Hall–Kier alpha value is -2.35. The standard InChI is InChI=1S/C26H37F2N4O8P/c1-18(33)29-14-22-15-32(26(34)40-22)19-12-23(27)25(24(28)13-19)30-6-8-31(9-7-30)41(35,38-16-20-4-2-10-36-20)39-17-21-5-3-11-37-21/h12-13,20-22H,2-11,14-17H2,1H3,(H,29,33)/t20?,21?,22-,41?/m0/s1. The predicted octanol–water partition coefficient (Wildman–Crippen LogP) is 3.05. The fourth-order valence-corrected chi connectivity index (χ4v) is 7.16. The highest BCUT2D eigenvalue weighted by molar-refractivity contribution is 7.51. The molecule has 41 heavy (non-hydrogen) atoms. The van der Waals surface area contributed by atoms with E-state index in [1.165, 1.54) is 11.8 Å². The molecule has 1 aromatic carbocycles. The summed E-state index contributed by atoms with van der Waals surface area (Å²) in [5, 5.41) is 2.56. The zero-order valence-corrected chi connectivity index (χ0v) is 24.0. The van der Waals surface area contributed by atoms with E-state index in [4.69, 9.17) is 23.3 Å². The van der Waals surface area contributed by atoms with Gasteiger partial charge in [0, 0.05) is 58.4 Å². The number of nitrogens with one attached hydrogen (secondary N) is 1. The summed E-state index contributed by atoms with van der Waals surface area (Å²) in [4.78, 5) is 26.1. The molecule has 1 aromatic rings. The second-order valence-corrected chi connectivity index (χ2v) is 12.6. The number of benzene rings is 1. The van der Waals surface area contributed by atoms with Gasteiger partial charge in [-0.25, -0.2) is 22.8 Å². The van der Waals surface area contributed by atoms with E-state index >= 15 is 8.78 Å². The summed E-state index contributed by atoms with van der Waals surface area (Å²) in [6, 6.07) is 2.18. The molecule has 4 heterocycles. The number of hydrogen-bond acceptors (Lipinski definition) is 9. The summed E-state index contributed by atoms with van der Waals surface area (Å²) in [7, 11) is -3.71. The molecule has 4 saturated heterocycles. The quantitative estimate of drug-likeness (QED) is 0.379. The molecule has 0 radical (unpaired) electrons. The normalized spacial score (nSPS) is 26.8. The van der Waals surface area contributed by atoms with Gasteiger partial charge < -0.3 is 24.4 Å². The van der Waals surface area contributed by atoms with Crippen molar-refractivity contribution in [2.45, 2.75) is 50.9 Å². The highest BCUT2D eigenvalue weighted by Crippen LogP contribution is 2.53. The van der Waals surface area contributed by atoms with Gasteiger partial charge in [0.1, 0.15) is 11.8 Å². The summed E-state index contributed by atoms with van der Waals surface area (Å²) in [5.74, 6) is -1.95. The molecule has 4 aliphatic rings. The van der Waals surface area contributed by atoms with Gasteiger partial charge in [-0.1, -0.05) is 0 Å². The number of ether oxygens (including phenoxy) is 3. The lowest BCUT2D eigenvalue weighted by Crippen LogP contribution is -2.46. The molecular weight excluding hydrogens is 565 g/mol. The molecule has 3 atom stereocenters. The smallest absolute Gasteiger partial charge is 0.414 e. The second kappa shape index (κ2) is 13.3. The zero-order valence-electron chi connectivity index (χ0n) is 23.1. The van der Waals surface area contributed by atoms with Crippen LogP contribution < -0.4 is 15.1 Å². The van der Waals surface area contributed by atoms with Gasteiger partial charge in [-0.15, -0.1) is 0 Å². The molecule has 0 aliphatic carbocycles. The van der Waals surface area contributed by atoms with Crippen molar-refractivity contribution in [1.29, 1.82) is 0 Å². The van der Waals surface area contributed by atoms with Gasteiger partial charge in [0.05, 0.1) is 44.2 Å². The third kappa shape index (κ3) is 7.36. The van der Waals surface area contributed by atoms with Crippen molar-refractivity contribution in [3.63, 3.8) is 0 Å². The Morgan fingerprint density at radius 3 is 2.10 bits per heavy atom. The Labute approximate surface area is 237 Å². The number of nitrogens with zero attached hydrogens (tertiary/aromatic N) is 3. The van der Waals surface area contributed by atoms with Gasteiger partial charge >= 0.3 is 13.8 Å². The third-order valence-electron chi connectivity index (χ3n) is 7.58. The maximum Gasteiger partial charge on any atom is 0.414 e. The molecule has 0 spiro atoms. The molecule has 4 fully saturated rings. The topological polar surface area (TPSA) is 119 Å². The third-order valence-corrected chi connectivity index (χ3v) is 9.62. The minimum Gasteiger partial charge on any atom is -0.442 e. The van der Waals surface area contributed by atoms with E-state index < -0.39 is 31.6 Å². The Balaban J connectivity index is 1.22. The largest absolute Gasteiger partial charge is 0.442 e. The maximum absolute atomic E-state index is 15.3. The Kier molecular flexibility index (Phi) is 9.77. The van der Waals surface area contributed by atoms with Crippen LogP contribution in [0.5, 0.6) is 0 Å². The Morgan fingerprint density at radius 1 is 1.00 bits per heavy atom. The molecule has 2 unspecified atom stereocenters. The van der Waals surface area contributed by atoms with Crippen LogP contribution in [0.25, 0.3) is 0 Å². The lowest BCUT2D eigenvalue weighted by atomic mass is 10.2. The minimum absolute atomic E-state index is 0.0206. The number of carbonyl (C=O) groups excluding carboxylic acids is 2. The van der Waals surface area contributed by atoms with E-state index in [-0.39, 0.29) is 82.0 Å². The molecule has 2 amide bonds. The van der Waals surface area contributed by atoms with Crippen LogP contribution in [0.15, 0.2) is 12.1 Å². The first kappa shape index (κ1) is 30.1. The van der Waals surface area contributed by atoms with Crippen molar-refractivity contribution in [3.05, 3.63) is 23.8 Å². The van der Waals surface area contributed by atoms with E-state index in [2.05, 4.69) is 5.32 Å². The number of amides is 2. The molecule has 12 nitrogen and oxygen atoms in total. The fraction of sp³-hybridized carbons (Fsp3) is 0.692. The van der Waals surface area contributed by atoms with Crippen molar-refractivity contribution in [3.8, 4) is 0 Å². The SMILES string of the molecule is CC(=O)NC[C@H]1CN(c2cc(F)c(N3CCN(P(=O)(OCC4CCCO4)OCC4CCCO4)CC3)c(F)c2)C(=O)O1. The Bertz CT molecular complexity index is 1100. The van der Waals surface area contributed by atoms with Crippen LogP contribution in [-0.2, 0) is 32.6 Å². The molecule has 4 aliphatic heterocycles. The zero-order chi connectivity index (χ0) is 29.0. The number of cyclic esters (lactones) is 1. The van der Waals surface area contributed by atoms with E-state index in [1.807, 2.05) is 0 Å². The van der Waals surface area contributed by atoms with Crippen molar-refractivity contribution in [2.24, 2.45) is 0 Å². The first-order valence-corrected chi connectivity index (χ1v) is 15.6. The van der Waals surface area contributed by atoms with Gasteiger partial charge in [-0.2, -0.15) is 0 Å². The van der Waals surface area contributed by atoms with Gasteiger partial charge in [0.2, 0.25) is 5.91 Å². The van der Waals surface area contributed by atoms with Gasteiger partial charge in [-0.3, -0.25) is 18.7 Å². The molecule has 1 N–H and O–H groups in total. The van der Waals surface area contributed by atoms with Gasteiger partial charge in [0.15, 0.2) is 11.6 Å². The lowest BCUT2D eigenvalue weighted by molar-refractivity contribution is -0.119. The fourth-order valence-electron chi connectivity index (χ4n) is 5.38. The molecule has 0 bridgehead atoms. The summed E-state index contributed by atoms with van der Waals surface area (Å²) in [6.07, 6.45) is 1.80. The van der Waals surface area contributed by atoms with Crippen molar-refractivity contribution in [1.82, 2.24) is 9.99 Å². The minimum atomic E-state index is -3.71. The first-order chi connectivity index (χ1) is 19.7. The van der Waals surface area contributed by atoms with Crippen LogP contribution in [0, 0.1) is 11.6 Å². The number of hydrogen-bond donors (Lipinski definition) is 1. The van der Waals surface area contributed by atoms with Crippen LogP contribution in [0.3, 0.4) is 0 Å². The predicted molar refractivity (Wildman–Crippen MR) is 144 cm³/mol. The monoisotopic (exact) mass is 602 g/mol. The van der Waals surface area contributed by atoms with E-state index in [1.54, 1.807) is 4.67 Å². The summed E-state index contributed by atoms with van der Waals surface area (Å²) in [6.45, 7) is 3.77. The van der Waals surface area contributed by atoms with Gasteiger partial charge in [0.25, 0.3) is 0 Å².